The van der Waals surface area contributed by atoms with Gasteiger partial charge in [-0.05, 0) is 12.2 Å². The van der Waals surface area contributed by atoms with Crippen molar-refractivity contribution < 1.29 is 20.1 Å². The Morgan fingerprint density at radius 1 is 1.50 bits per heavy atom. The van der Waals surface area contributed by atoms with E-state index in [9.17, 15) is 4.79 Å². The number of rotatable bonds is 3. The first-order valence-electron chi connectivity index (χ1n) is 2.16. The van der Waals surface area contributed by atoms with E-state index in [1.165, 1.54) is 0 Å². The average Bonchev–Trinajstić information content (AvgIpc) is 1.63. The van der Waals surface area contributed by atoms with Crippen molar-refractivity contribution in [1.82, 2.24) is 0 Å². The van der Waals surface area contributed by atoms with Gasteiger partial charge in [-0.1, -0.05) is 0 Å². The summed E-state index contributed by atoms with van der Waals surface area (Å²) in [5.74, 6) is -1.38. The van der Waals surface area contributed by atoms with E-state index >= 15 is 0 Å². The monoisotopic (exact) mass is 174 g/mol. The van der Waals surface area contributed by atoms with Crippen molar-refractivity contribution in [2.24, 2.45) is 0 Å². The maximum absolute atomic E-state index is 9.81. The van der Waals surface area contributed by atoms with Crippen molar-refractivity contribution in [3.63, 3.8) is 0 Å². The number of hydrogen-bond acceptors (Lipinski definition) is 3. The molecule has 0 rings (SSSR count). The van der Waals surface area contributed by atoms with E-state index in [-0.39, 0.29) is 36.0 Å². The molecule has 0 fully saturated rings. The molecule has 10 heavy (non-hydrogen) atoms. The van der Waals surface area contributed by atoms with E-state index < -0.39 is 17.1 Å². The number of aliphatic carboxylic acids is 1. The Morgan fingerprint density at radius 2 is 1.90 bits per heavy atom. The van der Waals surface area contributed by atoms with Gasteiger partial charge in [-0.15, -0.1) is 0 Å². The summed E-state index contributed by atoms with van der Waals surface area (Å²) in [7, 11) is 0. The molecule has 0 aromatic carbocycles. The van der Waals surface area contributed by atoms with Crippen molar-refractivity contribution in [2.45, 2.75) is 12.5 Å². The number of carboxylic acid groups (broad SMARTS) is 1. The summed E-state index contributed by atoms with van der Waals surface area (Å²) in [6, 6.07) is 0. The van der Waals surface area contributed by atoms with Gasteiger partial charge in [0.25, 0.3) is 0 Å². The zero-order valence-corrected chi connectivity index (χ0v) is 5.26. The third-order valence-corrected chi connectivity index (χ3v) is 0.820. The maximum atomic E-state index is 9.81. The van der Waals surface area contributed by atoms with Crippen LogP contribution in [0.2, 0.25) is 0 Å². The Kier molecular flexibility index (Phi) is 7.84. The van der Waals surface area contributed by atoms with Crippen molar-refractivity contribution in [2.75, 3.05) is 0 Å². The molecule has 0 saturated carbocycles. The van der Waals surface area contributed by atoms with Gasteiger partial charge in [-0.3, -0.25) is 0 Å². The van der Waals surface area contributed by atoms with Gasteiger partial charge in [0, 0.05) is 0 Å². The molecule has 0 spiro atoms. The van der Waals surface area contributed by atoms with Crippen molar-refractivity contribution in [3.8, 4) is 0 Å². The van der Waals surface area contributed by atoms with E-state index in [2.05, 4.69) is 12.2 Å². The Balaban J connectivity index is 0. The van der Waals surface area contributed by atoms with Crippen LogP contribution in [0.4, 0.5) is 0 Å². The third kappa shape index (κ3) is 6.44. The minimum atomic E-state index is -1.58. The molecule has 54 valence electrons. The second kappa shape index (κ2) is 6.06. The van der Waals surface area contributed by atoms with Gasteiger partial charge in [-0.25, -0.2) is 4.79 Å². The van der Waals surface area contributed by atoms with Gasteiger partial charge >= 0.3 is 35.5 Å². The van der Waals surface area contributed by atoms with Crippen LogP contribution in [0.1, 0.15) is 6.42 Å². The molecule has 0 radical (unpaired) electrons. The van der Waals surface area contributed by atoms with Crippen LogP contribution in [0.3, 0.4) is 0 Å². The number of aliphatic hydroxyl groups excluding tert-OH is 2. The number of hydrogen-bond donors (Lipinski definition) is 3. The van der Waals surface area contributed by atoms with E-state index in [0.29, 0.717) is 0 Å². The van der Waals surface area contributed by atoms with E-state index in [4.69, 9.17) is 15.3 Å². The molecule has 0 amide bonds. The molecule has 1 atom stereocenters. The van der Waals surface area contributed by atoms with Crippen LogP contribution in [0, 0.1) is 0 Å². The first kappa shape index (κ1) is 12.9. The fraction of sp³-hybridized carbons (Fsp3) is 0.500. The molecule has 4 nitrogen and oxygen atoms in total. The normalized spacial score (nSPS) is 11.3. The summed E-state index contributed by atoms with van der Waals surface area (Å²) < 4.78 is 0. The van der Waals surface area contributed by atoms with Crippen LogP contribution in [0.5, 0.6) is 0 Å². The van der Waals surface area contributed by atoms with Crippen LogP contribution >= 0.6 is 12.2 Å². The third-order valence-electron chi connectivity index (χ3n) is 0.653. The SMILES string of the molecule is O=C(O)C(O)CC(O)=S.[NaH]. The molecule has 0 aliphatic rings. The zero-order valence-electron chi connectivity index (χ0n) is 4.44. The predicted molar refractivity (Wildman–Crippen MR) is 40.6 cm³/mol. The number of carbonyl (C=O) groups is 1. The molecule has 3 N–H and O–H groups in total. The fourth-order valence-corrected chi connectivity index (χ4v) is 0.411. The average molecular weight is 174 g/mol. The molecule has 0 bridgehead atoms. The molecule has 0 saturated heterocycles. The van der Waals surface area contributed by atoms with Gasteiger partial charge in [0.1, 0.15) is 0 Å². The van der Waals surface area contributed by atoms with Gasteiger partial charge in [0.2, 0.25) is 0 Å². The molecule has 0 aromatic rings. The van der Waals surface area contributed by atoms with E-state index in [1.54, 1.807) is 0 Å². The molecule has 6 heteroatoms. The van der Waals surface area contributed by atoms with Crippen LogP contribution in [0.25, 0.3) is 0 Å². The first-order chi connectivity index (χ1) is 4.04. The zero-order chi connectivity index (χ0) is 7.44. The molecule has 0 aliphatic heterocycles. The quantitative estimate of drug-likeness (QED) is 0.380. The van der Waals surface area contributed by atoms with Crippen molar-refractivity contribution in [3.05, 3.63) is 0 Å². The Hall–Kier alpha value is 0.320. The summed E-state index contributed by atoms with van der Waals surface area (Å²) in [5.41, 5.74) is 0. The van der Waals surface area contributed by atoms with Gasteiger partial charge in [0.05, 0.1) is 6.42 Å². The summed E-state index contributed by atoms with van der Waals surface area (Å²) in [6.45, 7) is 0. The van der Waals surface area contributed by atoms with Crippen molar-refractivity contribution >= 4 is 52.8 Å². The first-order valence-corrected chi connectivity index (χ1v) is 2.57. The van der Waals surface area contributed by atoms with Gasteiger partial charge < -0.3 is 15.3 Å². The Morgan fingerprint density at radius 3 is 2.00 bits per heavy atom. The number of thiocarbonyl (C=S) groups is 1. The predicted octanol–water partition coefficient (Wildman–Crippen LogP) is -0.941. The summed E-state index contributed by atoms with van der Waals surface area (Å²) >= 11 is 4.12. The van der Waals surface area contributed by atoms with Crippen LogP contribution in [0.15, 0.2) is 0 Å². The summed E-state index contributed by atoms with van der Waals surface area (Å²) in [4.78, 5) is 9.81. The Bertz CT molecular complexity index is 137. The molecule has 0 aliphatic carbocycles. The standard InChI is InChI=1S/C4H6O4S.Na.H/c5-2(4(7)8)1-3(6)9;;/h2,5H,1H2,(H,6,9)(H,7,8);;. The second-order valence-electron chi connectivity index (χ2n) is 1.45. The summed E-state index contributed by atoms with van der Waals surface area (Å²) in [5, 5.41) is 24.2. The second-order valence-corrected chi connectivity index (χ2v) is 1.92. The van der Waals surface area contributed by atoms with Gasteiger partial charge in [-0.2, -0.15) is 0 Å². The van der Waals surface area contributed by atoms with Gasteiger partial charge in [0.15, 0.2) is 11.2 Å². The molecule has 1 unspecified atom stereocenters. The summed E-state index contributed by atoms with van der Waals surface area (Å²) in [6.07, 6.45) is -1.97. The van der Waals surface area contributed by atoms with Crippen LogP contribution in [-0.4, -0.2) is 62.0 Å². The molecular formula is C4H7NaO4S. The minimum absolute atomic E-state index is 0. The van der Waals surface area contributed by atoms with Crippen LogP contribution in [-0.2, 0) is 4.79 Å². The molecule has 0 heterocycles. The van der Waals surface area contributed by atoms with Crippen LogP contribution < -0.4 is 0 Å². The van der Waals surface area contributed by atoms with E-state index in [1.807, 2.05) is 0 Å². The molecular weight excluding hydrogens is 167 g/mol. The Labute approximate surface area is 85.2 Å². The van der Waals surface area contributed by atoms with E-state index in [0.717, 1.165) is 0 Å². The van der Waals surface area contributed by atoms with Crippen molar-refractivity contribution in [1.29, 1.82) is 0 Å². The number of carboxylic acids is 1. The topological polar surface area (TPSA) is 77.8 Å². The molecule has 0 aromatic heterocycles. The fourth-order valence-electron chi connectivity index (χ4n) is 0.253. The number of aliphatic hydroxyl groups is 2.